The van der Waals surface area contributed by atoms with E-state index in [0.717, 1.165) is 16.7 Å². The molecule has 0 unspecified atom stereocenters. The van der Waals surface area contributed by atoms with E-state index in [4.69, 9.17) is 4.74 Å². The fourth-order valence-corrected chi connectivity index (χ4v) is 3.68. The Morgan fingerprint density at radius 3 is 2.52 bits per heavy atom. The number of rotatable bonds is 4. The van der Waals surface area contributed by atoms with Gasteiger partial charge in [-0.3, -0.25) is 4.79 Å². The number of methoxy groups -OCH3 is 1. The van der Waals surface area contributed by atoms with Crippen LogP contribution in [0.5, 0.6) is 23.0 Å². The Morgan fingerprint density at radius 2 is 1.85 bits per heavy atom. The van der Waals surface area contributed by atoms with Gasteiger partial charge in [-0.1, -0.05) is 17.7 Å². The van der Waals surface area contributed by atoms with Crippen LogP contribution in [0, 0.1) is 0 Å². The SMILES string of the molecule is COc1c(O)cc([C@H]2CC(=O)c3c(O)cc(O)cc3C2)cc1CC=C(C)C. The lowest BCUT2D eigenvalue weighted by Gasteiger charge is -2.25. The molecule has 0 aromatic heterocycles. The van der Waals surface area contributed by atoms with E-state index >= 15 is 0 Å². The Labute approximate surface area is 158 Å². The van der Waals surface area contributed by atoms with Crippen LogP contribution >= 0.6 is 0 Å². The molecule has 3 rings (SSSR count). The van der Waals surface area contributed by atoms with Gasteiger partial charge in [0.2, 0.25) is 0 Å². The van der Waals surface area contributed by atoms with E-state index in [1.807, 2.05) is 19.9 Å². The maximum Gasteiger partial charge on any atom is 0.167 e. The van der Waals surface area contributed by atoms with Gasteiger partial charge in [0.25, 0.3) is 0 Å². The first-order valence-corrected chi connectivity index (χ1v) is 8.91. The molecule has 0 radical (unpaired) electrons. The van der Waals surface area contributed by atoms with E-state index < -0.39 is 0 Å². The average molecular weight is 368 g/mol. The largest absolute Gasteiger partial charge is 0.508 e. The summed E-state index contributed by atoms with van der Waals surface area (Å²) in [7, 11) is 1.52. The third kappa shape index (κ3) is 3.77. The smallest absolute Gasteiger partial charge is 0.167 e. The number of carbonyl (C=O) groups is 1. The van der Waals surface area contributed by atoms with Crippen LogP contribution in [0.25, 0.3) is 0 Å². The molecule has 0 bridgehead atoms. The molecule has 5 heteroatoms. The lowest BCUT2D eigenvalue weighted by molar-refractivity contribution is 0.0961. The van der Waals surface area contributed by atoms with Gasteiger partial charge in [-0.2, -0.15) is 0 Å². The number of aromatic hydroxyl groups is 3. The lowest BCUT2D eigenvalue weighted by atomic mass is 9.78. The summed E-state index contributed by atoms with van der Waals surface area (Å²) in [5, 5.41) is 30.2. The molecule has 2 aromatic rings. The number of benzene rings is 2. The van der Waals surface area contributed by atoms with Crippen molar-refractivity contribution < 1.29 is 24.9 Å². The van der Waals surface area contributed by atoms with Crippen LogP contribution in [-0.4, -0.2) is 28.2 Å². The molecule has 3 N–H and O–H groups in total. The quantitative estimate of drug-likeness (QED) is 0.703. The standard InChI is InChI=1S/C22H24O5/c1-12(2)4-5-13-6-14(10-20(26)22(13)27-3)15-7-16-8-17(23)11-19(25)21(16)18(24)9-15/h4,6,8,10-11,15,23,25-26H,5,7,9H2,1-3H3/t15-/m1/s1. The number of fused-ring (bicyclic) bond motifs is 1. The molecule has 0 aliphatic heterocycles. The zero-order valence-corrected chi connectivity index (χ0v) is 15.7. The Balaban J connectivity index is 2.01. The van der Waals surface area contributed by atoms with Gasteiger partial charge in [0, 0.05) is 18.1 Å². The Bertz CT molecular complexity index is 923. The number of carbonyl (C=O) groups excluding carboxylic acids is 1. The summed E-state index contributed by atoms with van der Waals surface area (Å²) in [6, 6.07) is 6.31. The highest BCUT2D eigenvalue weighted by atomic mass is 16.5. The van der Waals surface area contributed by atoms with Crippen LogP contribution in [0.15, 0.2) is 35.9 Å². The van der Waals surface area contributed by atoms with E-state index in [0.29, 0.717) is 24.2 Å². The van der Waals surface area contributed by atoms with E-state index in [1.54, 1.807) is 6.07 Å². The molecule has 1 aliphatic carbocycles. The van der Waals surface area contributed by atoms with Gasteiger partial charge in [-0.15, -0.1) is 0 Å². The van der Waals surface area contributed by atoms with Crippen LogP contribution < -0.4 is 4.74 Å². The van der Waals surface area contributed by atoms with Crippen molar-refractivity contribution in [1.82, 2.24) is 0 Å². The minimum absolute atomic E-state index is 0.0455. The number of ether oxygens (including phenoxy) is 1. The third-order valence-electron chi connectivity index (χ3n) is 4.94. The van der Waals surface area contributed by atoms with Gasteiger partial charge in [0.15, 0.2) is 17.3 Å². The summed E-state index contributed by atoms with van der Waals surface area (Å²) in [5.74, 6) is -0.0802. The average Bonchev–Trinajstić information content (AvgIpc) is 2.58. The molecule has 142 valence electrons. The maximum absolute atomic E-state index is 12.6. The van der Waals surface area contributed by atoms with Gasteiger partial charge < -0.3 is 20.1 Å². The van der Waals surface area contributed by atoms with Crippen molar-refractivity contribution in [2.75, 3.05) is 7.11 Å². The molecule has 0 fully saturated rings. The minimum atomic E-state index is -0.185. The molecule has 5 nitrogen and oxygen atoms in total. The van der Waals surface area contributed by atoms with Crippen LogP contribution in [-0.2, 0) is 12.8 Å². The Hall–Kier alpha value is -2.95. The molecule has 0 amide bonds. The van der Waals surface area contributed by atoms with Gasteiger partial charge in [-0.25, -0.2) is 0 Å². The summed E-state index contributed by atoms with van der Waals surface area (Å²) >= 11 is 0. The number of phenolic OH excluding ortho intramolecular Hbond substituents is 3. The molecule has 1 atom stereocenters. The summed E-state index contributed by atoms with van der Waals surface area (Å²) in [5.41, 5.74) is 3.76. The molecule has 1 aliphatic rings. The van der Waals surface area contributed by atoms with Crippen molar-refractivity contribution in [2.24, 2.45) is 0 Å². The molecule has 0 spiro atoms. The lowest BCUT2D eigenvalue weighted by Crippen LogP contribution is -2.19. The fourth-order valence-electron chi connectivity index (χ4n) is 3.68. The summed E-state index contributed by atoms with van der Waals surface area (Å²) in [6.07, 6.45) is 3.40. The van der Waals surface area contributed by atoms with Crippen molar-refractivity contribution in [2.45, 2.75) is 39.0 Å². The number of hydrogen-bond acceptors (Lipinski definition) is 5. The van der Waals surface area contributed by atoms with Crippen molar-refractivity contribution in [3.63, 3.8) is 0 Å². The first kappa shape index (κ1) is 18.8. The molecule has 0 saturated heterocycles. The predicted octanol–water partition coefficient (Wildman–Crippen LogP) is 4.23. The highest BCUT2D eigenvalue weighted by Gasteiger charge is 2.30. The van der Waals surface area contributed by atoms with E-state index in [-0.39, 0.29) is 40.9 Å². The summed E-state index contributed by atoms with van der Waals surface area (Å²) in [6.45, 7) is 4.01. The van der Waals surface area contributed by atoms with Crippen molar-refractivity contribution in [3.05, 3.63) is 58.2 Å². The molecule has 2 aromatic carbocycles. The number of allylic oxidation sites excluding steroid dienone is 2. The topological polar surface area (TPSA) is 87.0 Å². The van der Waals surface area contributed by atoms with Gasteiger partial charge in [0.05, 0.1) is 12.7 Å². The Morgan fingerprint density at radius 1 is 1.11 bits per heavy atom. The van der Waals surface area contributed by atoms with E-state index in [1.165, 1.54) is 19.2 Å². The maximum atomic E-state index is 12.6. The third-order valence-corrected chi connectivity index (χ3v) is 4.94. The molecule has 0 heterocycles. The van der Waals surface area contributed by atoms with E-state index in [9.17, 15) is 20.1 Å². The number of phenols is 3. The fraction of sp³-hybridized carbons (Fsp3) is 0.318. The van der Waals surface area contributed by atoms with Crippen LogP contribution in [0.2, 0.25) is 0 Å². The van der Waals surface area contributed by atoms with Gasteiger partial charge in [0.1, 0.15) is 11.5 Å². The first-order valence-electron chi connectivity index (χ1n) is 8.91. The number of hydrogen-bond donors (Lipinski definition) is 3. The highest BCUT2D eigenvalue weighted by Crippen LogP contribution is 2.41. The van der Waals surface area contributed by atoms with Crippen molar-refractivity contribution in [3.8, 4) is 23.0 Å². The number of Topliss-reactive ketones (excluding diaryl/α,β-unsaturated/α-hetero) is 1. The molecular weight excluding hydrogens is 344 g/mol. The van der Waals surface area contributed by atoms with Crippen molar-refractivity contribution >= 4 is 5.78 Å². The Kier molecular flexibility index (Phi) is 5.13. The second-order valence-electron chi connectivity index (χ2n) is 7.25. The second-order valence-corrected chi connectivity index (χ2v) is 7.25. The van der Waals surface area contributed by atoms with Crippen molar-refractivity contribution in [1.29, 1.82) is 0 Å². The first-order chi connectivity index (χ1) is 12.8. The minimum Gasteiger partial charge on any atom is -0.508 e. The predicted molar refractivity (Wildman–Crippen MR) is 103 cm³/mol. The van der Waals surface area contributed by atoms with Crippen LogP contribution in [0.3, 0.4) is 0 Å². The van der Waals surface area contributed by atoms with E-state index in [2.05, 4.69) is 6.08 Å². The molecular formula is C22H24O5. The normalized spacial score (nSPS) is 16.0. The zero-order valence-electron chi connectivity index (χ0n) is 15.7. The highest BCUT2D eigenvalue weighted by molar-refractivity contribution is 6.01. The van der Waals surface area contributed by atoms with Gasteiger partial charge >= 0.3 is 0 Å². The number of ketones is 1. The molecule has 0 saturated carbocycles. The summed E-state index contributed by atoms with van der Waals surface area (Å²) in [4.78, 5) is 12.6. The van der Waals surface area contributed by atoms with Gasteiger partial charge in [-0.05, 0) is 55.9 Å². The molecule has 27 heavy (non-hydrogen) atoms. The van der Waals surface area contributed by atoms with Crippen LogP contribution in [0.1, 0.15) is 53.2 Å². The van der Waals surface area contributed by atoms with Crippen LogP contribution in [0.4, 0.5) is 0 Å². The second kappa shape index (κ2) is 7.35. The zero-order chi connectivity index (χ0) is 19.7. The summed E-state index contributed by atoms with van der Waals surface area (Å²) < 4.78 is 5.35. The monoisotopic (exact) mass is 368 g/mol.